The Bertz CT molecular complexity index is 779. The van der Waals surface area contributed by atoms with Gasteiger partial charge in [-0.25, -0.2) is 0 Å². The first kappa shape index (κ1) is 18.0. The molecule has 25 heavy (non-hydrogen) atoms. The minimum atomic E-state index is -0.381. The summed E-state index contributed by atoms with van der Waals surface area (Å²) in [4.78, 5) is 23.4. The maximum atomic E-state index is 12.0. The second-order valence-electron chi connectivity index (χ2n) is 5.38. The fraction of sp³-hybridized carbons (Fsp3) is 0.211. The summed E-state index contributed by atoms with van der Waals surface area (Å²) >= 11 is 0. The number of carbonyl (C=O) groups excluding carboxylic acids is 2. The van der Waals surface area contributed by atoms with E-state index in [1.807, 2.05) is 31.2 Å². The van der Waals surface area contributed by atoms with Crippen LogP contribution in [-0.4, -0.2) is 25.0 Å². The Morgan fingerprint density at radius 2 is 1.92 bits per heavy atom. The second-order valence-corrected chi connectivity index (χ2v) is 5.38. The third-order valence-corrected chi connectivity index (χ3v) is 3.32. The predicted octanol–water partition coefficient (Wildman–Crippen LogP) is 2.66. The standard InChI is InChI=1S/C19H19N3O3/c1-14-3-2-4-17(13-14)25-12-11-21-19(24)15-5-7-16(8-6-15)22-18(23)9-10-20/h2-8,13H,9,11-12H2,1H3,(H,21,24)(H,22,23). The number of rotatable bonds is 7. The molecule has 0 fully saturated rings. The van der Waals surface area contributed by atoms with Gasteiger partial charge in [-0.2, -0.15) is 5.26 Å². The summed E-state index contributed by atoms with van der Waals surface area (Å²) in [5.74, 6) is 0.169. The van der Waals surface area contributed by atoms with Crippen molar-refractivity contribution in [1.82, 2.24) is 5.32 Å². The minimum Gasteiger partial charge on any atom is -0.492 e. The van der Waals surface area contributed by atoms with Gasteiger partial charge >= 0.3 is 0 Å². The Morgan fingerprint density at radius 1 is 1.16 bits per heavy atom. The molecule has 2 N–H and O–H groups in total. The van der Waals surface area contributed by atoms with E-state index < -0.39 is 0 Å². The van der Waals surface area contributed by atoms with Gasteiger partial charge in [0.15, 0.2) is 0 Å². The highest BCUT2D eigenvalue weighted by Gasteiger charge is 2.06. The van der Waals surface area contributed by atoms with E-state index in [0.29, 0.717) is 24.4 Å². The molecule has 0 aliphatic rings. The van der Waals surface area contributed by atoms with Gasteiger partial charge < -0.3 is 15.4 Å². The highest BCUT2D eigenvalue weighted by atomic mass is 16.5. The molecule has 0 spiro atoms. The first-order valence-corrected chi connectivity index (χ1v) is 7.83. The van der Waals surface area contributed by atoms with Crippen LogP contribution in [0.5, 0.6) is 5.75 Å². The van der Waals surface area contributed by atoms with Gasteiger partial charge in [-0.15, -0.1) is 0 Å². The fourth-order valence-electron chi connectivity index (χ4n) is 2.12. The van der Waals surface area contributed by atoms with Gasteiger partial charge in [-0.05, 0) is 48.9 Å². The Balaban J connectivity index is 1.77. The molecule has 128 valence electrons. The normalized spacial score (nSPS) is 9.76. The fourth-order valence-corrected chi connectivity index (χ4v) is 2.12. The molecule has 2 aromatic rings. The van der Waals surface area contributed by atoms with Crippen molar-refractivity contribution in [2.45, 2.75) is 13.3 Å². The van der Waals surface area contributed by atoms with Crippen molar-refractivity contribution in [3.8, 4) is 11.8 Å². The average Bonchev–Trinajstić information content (AvgIpc) is 2.59. The number of ether oxygens (including phenoxy) is 1. The summed E-state index contributed by atoms with van der Waals surface area (Å²) in [6, 6.07) is 15.9. The van der Waals surface area contributed by atoms with Gasteiger partial charge in [-0.1, -0.05) is 12.1 Å². The number of nitrogens with zero attached hydrogens (tertiary/aromatic N) is 1. The highest BCUT2D eigenvalue weighted by Crippen LogP contribution is 2.12. The highest BCUT2D eigenvalue weighted by molar-refractivity contribution is 5.96. The number of amides is 2. The Labute approximate surface area is 146 Å². The van der Waals surface area contributed by atoms with Gasteiger partial charge in [0, 0.05) is 11.3 Å². The summed E-state index contributed by atoms with van der Waals surface area (Å²) in [6.45, 7) is 2.74. The van der Waals surface area contributed by atoms with Crippen LogP contribution in [0.1, 0.15) is 22.3 Å². The summed E-state index contributed by atoms with van der Waals surface area (Å²) < 4.78 is 5.57. The summed E-state index contributed by atoms with van der Waals surface area (Å²) in [5.41, 5.74) is 2.14. The Kier molecular flexibility index (Phi) is 6.55. The molecule has 2 amide bonds. The van der Waals surface area contributed by atoms with Crippen LogP contribution in [0, 0.1) is 18.3 Å². The van der Waals surface area contributed by atoms with Crippen LogP contribution in [-0.2, 0) is 4.79 Å². The van der Waals surface area contributed by atoms with Crippen LogP contribution in [0.15, 0.2) is 48.5 Å². The lowest BCUT2D eigenvalue weighted by Gasteiger charge is -2.09. The minimum absolute atomic E-state index is 0.205. The number of nitriles is 1. The van der Waals surface area contributed by atoms with Crippen molar-refractivity contribution in [3.05, 3.63) is 59.7 Å². The number of anilines is 1. The lowest BCUT2D eigenvalue weighted by atomic mass is 10.2. The molecule has 0 atom stereocenters. The van der Waals surface area contributed by atoms with E-state index in [2.05, 4.69) is 10.6 Å². The number of nitrogens with one attached hydrogen (secondary N) is 2. The molecule has 2 rings (SSSR count). The van der Waals surface area contributed by atoms with Gasteiger partial charge in [0.2, 0.25) is 5.91 Å². The van der Waals surface area contributed by atoms with Crippen LogP contribution in [0.3, 0.4) is 0 Å². The zero-order chi connectivity index (χ0) is 18.1. The second kappa shape index (κ2) is 9.08. The van der Waals surface area contributed by atoms with Crippen LogP contribution in [0.4, 0.5) is 5.69 Å². The van der Waals surface area contributed by atoms with E-state index in [-0.39, 0.29) is 18.2 Å². The SMILES string of the molecule is Cc1cccc(OCCNC(=O)c2ccc(NC(=O)CC#N)cc2)c1. The molecule has 6 nitrogen and oxygen atoms in total. The maximum absolute atomic E-state index is 12.0. The van der Waals surface area contributed by atoms with E-state index in [0.717, 1.165) is 11.3 Å². The number of hydrogen-bond donors (Lipinski definition) is 2. The lowest BCUT2D eigenvalue weighted by molar-refractivity contribution is -0.115. The molecule has 0 aliphatic carbocycles. The van der Waals surface area contributed by atoms with E-state index >= 15 is 0 Å². The van der Waals surface area contributed by atoms with Gasteiger partial charge in [0.1, 0.15) is 18.8 Å². The zero-order valence-electron chi connectivity index (χ0n) is 13.9. The van der Waals surface area contributed by atoms with Crippen molar-refractivity contribution >= 4 is 17.5 Å². The smallest absolute Gasteiger partial charge is 0.251 e. The van der Waals surface area contributed by atoms with Crippen molar-refractivity contribution in [2.75, 3.05) is 18.5 Å². The third-order valence-electron chi connectivity index (χ3n) is 3.32. The van der Waals surface area contributed by atoms with Crippen LogP contribution in [0.2, 0.25) is 0 Å². The first-order chi connectivity index (χ1) is 12.1. The molecule has 0 heterocycles. The quantitative estimate of drug-likeness (QED) is 0.760. The van der Waals surface area contributed by atoms with E-state index in [1.165, 1.54) is 0 Å². The molecule has 0 aliphatic heterocycles. The van der Waals surface area contributed by atoms with E-state index in [4.69, 9.17) is 10.00 Å². The van der Waals surface area contributed by atoms with Crippen LogP contribution >= 0.6 is 0 Å². The van der Waals surface area contributed by atoms with Crippen molar-refractivity contribution in [3.63, 3.8) is 0 Å². The molecule has 0 aromatic heterocycles. The monoisotopic (exact) mass is 337 g/mol. The molecular weight excluding hydrogens is 318 g/mol. The number of aryl methyl sites for hydroxylation is 1. The van der Waals surface area contributed by atoms with Crippen LogP contribution < -0.4 is 15.4 Å². The molecule has 6 heteroatoms. The lowest BCUT2D eigenvalue weighted by Crippen LogP contribution is -2.28. The van der Waals surface area contributed by atoms with Gasteiger partial charge in [0.05, 0.1) is 12.6 Å². The first-order valence-electron chi connectivity index (χ1n) is 7.83. The topological polar surface area (TPSA) is 91.2 Å². The largest absolute Gasteiger partial charge is 0.492 e. The Hall–Kier alpha value is -3.33. The maximum Gasteiger partial charge on any atom is 0.251 e. The van der Waals surface area contributed by atoms with Crippen molar-refractivity contribution < 1.29 is 14.3 Å². The average molecular weight is 337 g/mol. The van der Waals surface area contributed by atoms with E-state index in [9.17, 15) is 9.59 Å². The Morgan fingerprint density at radius 3 is 2.60 bits per heavy atom. The third kappa shape index (κ3) is 5.99. The summed E-state index contributed by atoms with van der Waals surface area (Å²) in [6.07, 6.45) is -0.205. The summed E-state index contributed by atoms with van der Waals surface area (Å²) in [7, 11) is 0. The molecule has 0 saturated carbocycles. The predicted molar refractivity (Wildman–Crippen MR) is 94.3 cm³/mol. The van der Waals surface area contributed by atoms with Crippen molar-refractivity contribution in [1.29, 1.82) is 5.26 Å². The van der Waals surface area contributed by atoms with E-state index in [1.54, 1.807) is 30.3 Å². The molecule has 0 radical (unpaired) electrons. The zero-order valence-corrected chi connectivity index (χ0v) is 13.9. The number of carbonyl (C=O) groups is 2. The van der Waals surface area contributed by atoms with Gasteiger partial charge in [-0.3, -0.25) is 9.59 Å². The molecule has 0 bridgehead atoms. The summed E-state index contributed by atoms with van der Waals surface area (Å²) in [5, 5.41) is 13.8. The van der Waals surface area contributed by atoms with Gasteiger partial charge in [0.25, 0.3) is 5.91 Å². The van der Waals surface area contributed by atoms with Crippen molar-refractivity contribution in [2.24, 2.45) is 0 Å². The number of benzene rings is 2. The molecule has 0 unspecified atom stereocenters. The molecule has 0 saturated heterocycles. The number of hydrogen-bond acceptors (Lipinski definition) is 4. The molecular formula is C19H19N3O3. The van der Waals surface area contributed by atoms with Crippen LogP contribution in [0.25, 0.3) is 0 Å². The molecule has 2 aromatic carbocycles.